The van der Waals surface area contributed by atoms with E-state index >= 15 is 0 Å². The van der Waals surface area contributed by atoms with Crippen LogP contribution in [0, 0.1) is 0 Å². The van der Waals surface area contributed by atoms with Crippen LogP contribution < -0.4 is 15.4 Å². The Balaban J connectivity index is 1.77. The number of halogens is 3. The second-order valence-corrected chi connectivity index (χ2v) is 10.5. The van der Waals surface area contributed by atoms with Gasteiger partial charge in [0.25, 0.3) is 16.0 Å². The van der Waals surface area contributed by atoms with Crippen molar-refractivity contribution in [3.05, 3.63) is 102 Å². The SMILES string of the molecule is C=C(C)c1ccc(C(Cc2ccc(C(=O)NCCS(=O)(=O)O)cc2)C(=O)Nc2ccc(OC(F)(F)F)cc2)cc1. The number of ether oxygens (including phenoxy) is 1. The van der Waals surface area contributed by atoms with Crippen molar-refractivity contribution in [3.63, 3.8) is 0 Å². The smallest absolute Gasteiger partial charge is 0.406 e. The van der Waals surface area contributed by atoms with Crippen LogP contribution in [-0.4, -0.2) is 43.4 Å². The summed E-state index contributed by atoms with van der Waals surface area (Å²) in [6.07, 6.45) is -4.60. The monoisotopic (exact) mass is 576 g/mol. The maximum absolute atomic E-state index is 13.4. The molecule has 40 heavy (non-hydrogen) atoms. The van der Waals surface area contributed by atoms with Gasteiger partial charge in [0, 0.05) is 17.8 Å². The van der Waals surface area contributed by atoms with Crippen LogP contribution in [0.25, 0.3) is 5.57 Å². The maximum Gasteiger partial charge on any atom is 0.573 e. The highest BCUT2D eigenvalue weighted by molar-refractivity contribution is 7.85. The fraction of sp³-hybridized carbons (Fsp3) is 0.214. The van der Waals surface area contributed by atoms with Crippen molar-refractivity contribution < 1.29 is 40.5 Å². The highest BCUT2D eigenvalue weighted by atomic mass is 32.2. The molecule has 1 atom stereocenters. The molecular weight excluding hydrogens is 549 g/mol. The Morgan fingerprint density at radius 2 is 1.52 bits per heavy atom. The number of alkyl halides is 3. The standard InChI is InChI=1S/C28H27F3N2O6S/c1-18(2)20-7-9-21(10-8-20)25(27(35)33-23-11-13-24(14-12-23)39-28(29,30)31)17-19-3-5-22(6-4-19)26(34)32-15-16-40(36,37)38/h3-14,25H,1,15-17H2,2H3,(H,32,34)(H,33,35)(H,36,37,38). The number of anilines is 1. The van der Waals surface area contributed by atoms with Gasteiger partial charge in [0.2, 0.25) is 5.91 Å². The molecule has 12 heteroatoms. The van der Waals surface area contributed by atoms with Gasteiger partial charge in [0.15, 0.2) is 0 Å². The largest absolute Gasteiger partial charge is 0.573 e. The Bertz CT molecular complexity index is 1450. The topological polar surface area (TPSA) is 122 Å². The molecule has 3 N–H and O–H groups in total. The van der Waals surface area contributed by atoms with Gasteiger partial charge in [-0.1, -0.05) is 48.6 Å². The zero-order valence-corrected chi connectivity index (χ0v) is 22.2. The van der Waals surface area contributed by atoms with E-state index in [2.05, 4.69) is 21.9 Å². The molecule has 0 heterocycles. The highest BCUT2D eigenvalue weighted by Crippen LogP contribution is 2.27. The molecular formula is C28H27F3N2O6S. The Kier molecular flexibility index (Phi) is 9.72. The molecule has 0 aliphatic heterocycles. The van der Waals surface area contributed by atoms with Crippen molar-refractivity contribution in [1.29, 1.82) is 0 Å². The molecule has 0 spiro atoms. The number of hydrogen-bond donors (Lipinski definition) is 3. The van der Waals surface area contributed by atoms with E-state index in [0.717, 1.165) is 23.3 Å². The molecule has 0 fully saturated rings. The van der Waals surface area contributed by atoms with Crippen LogP contribution in [-0.2, 0) is 21.3 Å². The number of hydrogen-bond acceptors (Lipinski definition) is 5. The number of allylic oxidation sites excluding steroid dienone is 1. The van der Waals surface area contributed by atoms with Crippen LogP contribution in [0.15, 0.2) is 79.4 Å². The van der Waals surface area contributed by atoms with Gasteiger partial charge in [-0.2, -0.15) is 8.42 Å². The van der Waals surface area contributed by atoms with Crippen molar-refractivity contribution >= 4 is 33.2 Å². The third-order valence-corrected chi connectivity index (χ3v) is 6.50. The van der Waals surface area contributed by atoms with E-state index in [9.17, 15) is 31.2 Å². The van der Waals surface area contributed by atoms with Crippen LogP contribution in [0.5, 0.6) is 5.75 Å². The molecule has 0 bridgehead atoms. The van der Waals surface area contributed by atoms with E-state index in [1.807, 2.05) is 19.1 Å². The van der Waals surface area contributed by atoms with Gasteiger partial charge < -0.3 is 15.4 Å². The molecule has 2 amide bonds. The summed E-state index contributed by atoms with van der Waals surface area (Å²) in [6, 6.07) is 18.4. The van der Waals surface area contributed by atoms with E-state index in [-0.39, 0.29) is 24.2 Å². The van der Waals surface area contributed by atoms with Gasteiger partial charge in [0.05, 0.1) is 11.7 Å². The highest BCUT2D eigenvalue weighted by Gasteiger charge is 2.31. The molecule has 8 nitrogen and oxygen atoms in total. The average molecular weight is 577 g/mol. The predicted octanol–water partition coefficient (Wildman–Crippen LogP) is 5.20. The fourth-order valence-electron chi connectivity index (χ4n) is 3.75. The van der Waals surface area contributed by atoms with Crippen LogP contribution in [0.2, 0.25) is 0 Å². The van der Waals surface area contributed by atoms with Crippen LogP contribution >= 0.6 is 0 Å². The Morgan fingerprint density at radius 3 is 2.05 bits per heavy atom. The predicted molar refractivity (Wildman–Crippen MR) is 145 cm³/mol. The minimum absolute atomic E-state index is 0.234. The molecule has 3 rings (SSSR count). The van der Waals surface area contributed by atoms with Crippen molar-refractivity contribution in [3.8, 4) is 5.75 Å². The Hall–Kier alpha value is -4.16. The van der Waals surface area contributed by atoms with Crippen LogP contribution in [0.1, 0.15) is 39.9 Å². The summed E-state index contributed by atoms with van der Waals surface area (Å²) in [4.78, 5) is 25.6. The van der Waals surface area contributed by atoms with Crippen LogP contribution in [0.3, 0.4) is 0 Å². The fourth-order valence-corrected chi connectivity index (χ4v) is 4.11. The van der Waals surface area contributed by atoms with E-state index in [4.69, 9.17) is 4.55 Å². The lowest BCUT2D eigenvalue weighted by Gasteiger charge is -2.19. The normalized spacial score (nSPS) is 12.3. The number of nitrogens with one attached hydrogen (secondary N) is 2. The van der Waals surface area contributed by atoms with Crippen molar-refractivity contribution in [2.45, 2.75) is 25.6 Å². The molecule has 0 aromatic heterocycles. The first-order valence-electron chi connectivity index (χ1n) is 11.9. The van der Waals surface area contributed by atoms with Gasteiger partial charge in [-0.05, 0) is 66.4 Å². The lowest BCUT2D eigenvalue weighted by atomic mass is 9.89. The number of rotatable bonds is 11. The minimum Gasteiger partial charge on any atom is -0.406 e. The minimum atomic E-state index is -4.83. The molecule has 1 unspecified atom stereocenters. The number of carbonyl (C=O) groups excluding carboxylic acids is 2. The van der Waals surface area contributed by atoms with Gasteiger partial charge in [0.1, 0.15) is 5.75 Å². The average Bonchev–Trinajstić information content (AvgIpc) is 2.87. The van der Waals surface area contributed by atoms with Crippen molar-refractivity contribution in [2.75, 3.05) is 17.6 Å². The summed E-state index contributed by atoms with van der Waals surface area (Å²) in [5, 5.41) is 5.12. The summed E-state index contributed by atoms with van der Waals surface area (Å²) in [7, 11) is -4.21. The Morgan fingerprint density at radius 1 is 0.950 bits per heavy atom. The molecule has 0 saturated carbocycles. The van der Waals surface area contributed by atoms with Gasteiger partial charge >= 0.3 is 6.36 Å². The summed E-state index contributed by atoms with van der Waals surface area (Å²) in [6.45, 7) is 5.50. The van der Waals surface area contributed by atoms with Crippen molar-refractivity contribution in [2.24, 2.45) is 0 Å². The van der Waals surface area contributed by atoms with E-state index in [0.29, 0.717) is 11.1 Å². The molecule has 0 aliphatic carbocycles. The summed E-state index contributed by atoms with van der Waals surface area (Å²) < 4.78 is 71.6. The molecule has 0 radical (unpaired) electrons. The van der Waals surface area contributed by atoms with Gasteiger partial charge in [-0.25, -0.2) is 0 Å². The first-order valence-corrected chi connectivity index (χ1v) is 13.6. The van der Waals surface area contributed by atoms with Gasteiger partial charge in [-0.3, -0.25) is 14.1 Å². The first-order chi connectivity index (χ1) is 18.7. The van der Waals surface area contributed by atoms with E-state index in [1.165, 1.54) is 24.3 Å². The van der Waals surface area contributed by atoms with Gasteiger partial charge in [-0.15, -0.1) is 13.2 Å². The third-order valence-electron chi connectivity index (χ3n) is 5.78. The quantitative estimate of drug-likeness (QED) is 0.270. The molecule has 3 aromatic rings. The first kappa shape index (κ1) is 30.4. The zero-order valence-electron chi connectivity index (χ0n) is 21.4. The molecule has 212 valence electrons. The molecule has 3 aromatic carbocycles. The van der Waals surface area contributed by atoms with E-state index < -0.39 is 45.7 Å². The number of carbonyl (C=O) groups is 2. The Labute approximate surface area is 229 Å². The molecule has 0 aliphatic rings. The summed E-state index contributed by atoms with van der Waals surface area (Å²) >= 11 is 0. The number of amides is 2. The second-order valence-electron chi connectivity index (χ2n) is 8.96. The summed E-state index contributed by atoms with van der Waals surface area (Å²) in [5.74, 6) is -2.66. The lowest BCUT2D eigenvalue weighted by Crippen LogP contribution is -2.28. The summed E-state index contributed by atoms with van der Waals surface area (Å²) in [5.41, 5.74) is 3.68. The zero-order chi connectivity index (χ0) is 29.5. The third kappa shape index (κ3) is 9.54. The lowest BCUT2D eigenvalue weighted by molar-refractivity contribution is -0.274. The molecule has 0 saturated heterocycles. The van der Waals surface area contributed by atoms with Crippen LogP contribution in [0.4, 0.5) is 18.9 Å². The van der Waals surface area contributed by atoms with E-state index in [1.54, 1.807) is 24.3 Å². The second kappa shape index (κ2) is 12.8. The number of benzene rings is 3. The van der Waals surface area contributed by atoms with Crippen molar-refractivity contribution in [1.82, 2.24) is 5.32 Å². The maximum atomic E-state index is 13.4.